The molecule has 3 nitrogen and oxygen atoms in total. The number of hydrogen-bond acceptors (Lipinski definition) is 3. The lowest BCUT2D eigenvalue weighted by molar-refractivity contribution is 0.605. The van der Waals surface area contributed by atoms with Crippen LogP contribution in [0.3, 0.4) is 0 Å². The highest BCUT2D eigenvalue weighted by molar-refractivity contribution is 7.95. The lowest BCUT2D eigenvalue weighted by Crippen LogP contribution is -1.98. The molecule has 0 saturated carbocycles. The lowest BCUT2D eigenvalue weighted by Gasteiger charge is -2.02. The molecule has 1 aromatic carbocycles. The second kappa shape index (κ2) is 3.63. The smallest absolute Gasteiger partial charge is 0.200 e. The number of hydrogen-bond donors (Lipinski definition) is 1. The Kier molecular flexibility index (Phi) is 2.58. The van der Waals surface area contributed by atoms with E-state index in [9.17, 15) is 8.42 Å². The summed E-state index contributed by atoms with van der Waals surface area (Å²) in [6, 6.07) is 4.89. The van der Waals surface area contributed by atoms with E-state index >= 15 is 0 Å². The van der Waals surface area contributed by atoms with Crippen LogP contribution in [0.25, 0.3) is 5.57 Å². The third-order valence-corrected chi connectivity index (χ3v) is 4.09. The minimum absolute atomic E-state index is 0.290. The van der Waals surface area contributed by atoms with Crippen LogP contribution < -0.4 is 5.73 Å². The summed E-state index contributed by atoms with van der Waals surface area (Å²) in [6.07, 6.45) is 0.563. The fourth-order valence-electron chi connectivity index (χ4n) is 1.66. The molecular weight excluding hydrogens is 234 g/mol. The number of nitrogens with two attached hydrogens (primary N) is 1. The largest absolute Gasteiger partial charge is 0.330 e. The van der Waals surface area contributed by atoms with Gasteiger partial charge in [-0.25, -0.2) is 8.42 Å². The van der Waals surface area contributed by atoms with Gasteiger partial charge in [0, 0.05) is 10.4 Å². The molecule has 0 spiro atoms. The molecule has 1 heterocycles. The van der Waals surface area contributed by atoms with Gasteiger partial charge in [0.25, 0.3) is 0 Å². The van der Waals surface area contributed by atoms with E-state index in [1.54, 1.807) is 12.1 Å². The quantitative estimate of drug-likeness (QED) is 0.862. The van der Waals surface area contributed by atoms with Crippen molar-refractivity contribution in [2.75, 3.05) is 6.54 Å². The normalized spacial score (nSPS) is 17.3. The summed E-state index contributed by atoms with van der Waals surface area (Å²) in [5.41, 5.74) is 6.92. The van der Waals surface area contributed by atoms with Gasteiger partial charge in [-0.2, -0.15) is 0 Å². The highest BCUT2D eigenvalue weighted by Crippen LogP contribution is 2.36. The van der Waals surface area contributed by atoms with Crippen molar-refractivity contribution >= 4 is 27.0 Å². The van der Waals surface area contributed by atoms with Crippen molar-refractivity contribution in [3.8, 4) is 0 Å². The monoisotopic (exact) mass is 243 g/mol. The minimum atomic E-state index is -3.30. The average molecular weight is 244 g/mol. The van der Waals surface area contributed by atoms with Gasteiger partial charge >= 0.3 is 0 Å². The van der Waals surface area contributed by atoms with Crippen LogP contribution in [0.15, 0.2) is 28.5 Å². The molecule has 1 aliphatic rings. The molecule has 0 aromatic heterocycles. The molecule has 1 aromatic rings. The number of rotatable bonds is 2. The Morgan fingerprint density at radius 1 is 1.33 bits per heavy atom. The first-order valence-electron chi connectivity index (χ1n) is 4.50. The van der Waals surface area contributed by atoms with E-state index in [0.717, 1.165) is 11.1 Å². The van der Waals surface area contributed by atoms with Crippen LogP contribution in [0.1, 0.15) is 12.0 Å². The van der Waals surface area contributed by atoms with Gasteiger partial charge in [-0.1, -0.05) is 17.7 Å². The first kappa shape index (κ1) is 10.7. The lowest BCUT2D eigenvalue weighted by atomic mass is 10.1. The molecule has 0 radical (unpaired) electrons. The van der Waals surface area contributed by atoms with Gasteiger partial charge in [0.15, 0.2) is 0 Å². The summed E-state index contributed by atoms with van der Waals surface area (Å²) < 4.78 is 23.4. The highest BCUT2D eigenvalue weighted by atomic mass is 35.5. The van der Waals surface area contributed by atoms with Crippen molar-refractivity contribution in [3.63, 3.8) is 0 Å². The predicted octanol–water partition coefficient (Wildman–Crippen LogP) is 1.82. The SMILES string of the molecule is NCCC1=CS(=O)(=O)c2cc(Cl)ccc21. The summed E-state index contributed by atoms with van der Waals surface area (Å²) in [5, 5.41) is 1.71. The molecule has 2 N–H and O–H groups in total. The predicted molar refractivity (Wildman–Crippen MR) is 60.3 cm³/mol. The Morgan fingerprint density at radius 3 is 2.73 bits per heavy atom. The zero-order chi connectivity index (χ0) is 11.1. The van der Waals surface area contributed by atoms with Crippen LogP contribution in [0, 0.1) is 0 Å². The first-order valence-corrected chi connectivity index (χ1v) is 6.42. The van der Waals surface area contributed by atoms with Crippen molar-refractivity contribution in [2.45, 2.75) is 11.3 Å². The third kappa shape index (κ3) is 1.80. The maximum Gasteiger partial charge on any atom is 0.200 e. The summed E-state index contributed by atoms with van der Waals surface area (Å²) in [4.78, 5) is 0.290. The second-order valence-electron chi connectivity index (χ2n) is 3.37. The van der Waals surface area contributed by atoms with Crippen molar-refractivity contribution in [2.24, 2.45) is 5.73 Å². The number of halogens is 1. The topological polar surface area (TPSA) is 60.2 Å². The molecule has 5 heteroatoms. The maximum absolute atomic E-state index is 11.7. The molecular formula is C10H10ClNO2S. The molecule has 1 aliphatic heterocycles. The van der Waals surface area contributed by atoms with Crippen LogP contribution in [-0.4, -0.2) is 15.0 Å². The van der Waals surface area contributed by atoms with Gasteiger partial charge in [0.1, 0.15) is 0 Å². The third-order valence-electron chi connectivity index (χ3n) is 2.31. The summed E-state index contributed by atoms with van der Waals surface area (Å²) in [7, 11) is -3.30. The Bertz CT molecular complexity index is 534. The first-order chi connectivity index (χ1) is 7.04. The van der Waals surface area contributed by atoms with Gasteiger partial charge in [0.05, 0.1) is 4.90 Å². The Hall–Kier alpha value is -0.840. The van der Waals surface area contributed by atoms with E-state index in [1.165, 1.54) is 11.5 Å². The second-order valence-corrected chi connectivity index (χ2v) is 5.57. The fourth-order valence-corrected chi connectivity index (χ4v) is 3.44. The molecule has 0 fully saturated rings. The minimum Gasteiger partial charge on any atom is -0.330 e. The highest BCUT2D eigenvalue weighted by Gasteiger charge is 2.26. The molecule has 0 saturated heterocycles. The Labute approximate surface area is 93.5 Å². The Balaban J connectivity index is 2.62. The van der Waals surface area contributed by atoms with Crippen LogP contribution in [0.5, 0.6) is 0 Å². The standard InChI is InChI=1S/C10H10ClNO2S/c11-8-1-2-9-7(3-4-12)6-15(13,14)10(9)5-8/h1-2,5-6H,3-4,12H2. The zero-order valence-electron chi connectivity index (χ0n) is 7.90. The molecule has 15 heavy (non-hydrogen) atoms. The van der Waals surface area contributed by atoms with Crippen molar-refractivity contribution in [1.82, 2.24) is 0 Å². The van der Waals surface area contributed by atoms with Gasteiger partial charge in [-0.05, 0) is 36.2 Å². The molecule has 0 unspecified atom stereocenters. The van der Waals surface area contributed by atoms with E-state index < -0.39 is 9.84 Å². The van der Waals surface area contributed by atoms with Gasteiger partial charge in [0.2, 0.25) is 9.84 Å². The molecule has 0 aliphatic carbocycles. The summed E-state index contributed by atoms with van der Waals surface area (Å²) in [5.74, 6) is 0. The average Bonchev–Trinajstić information content (AvgIpc) is 2.39. The van der Waals surface area contributed by atoms with E-state index in [-0.39, 0.29) is 0 Å². The fraction of sp³-hybridized carbons (Fsp3) is 0.200. The maximum atomic E-state index is 11.7. The van der Waals surface area contributed by atoms with Crippen molar-refractivity contribution < 1.29 is 8.42 Å². The van der Waals surface area contributed by atoms with E-state index in [0.29, 0.717) is 22.9 Å². The van der Waals surface area contributed by atoms with E-state index in [4.69, 9.17) is 17.3 Å². The van der Waals surface area contributed by atoms with Crippen molar-refractivity contribution in [1.29, 1.82) is 0 Å². The van der Waals surface area contributed by atoms with Crippen LogP contribution in [0.2, 0.25) is 5.02 Å². The van der Waals surface area contributed by atoms with E-state index in [1.807, 2.05) is 0 Å². The molecule has 0 amide bonds. The van der Waals surface area contributed by atoms with Gasteiger partial charge in [-0.3, -0.25) is 0 Å². The molecule has 80 valence electrons. The number of fused-ring (bicyclic) bond motifs is 1. The molecule has 0 bridgehead atoms. The van der Waals surface area contributed by atoms with Gasteiger partial charge < -0.3 is 5.73 Å². The molecule has 2 rings (SSSR count). The number of benzene rings is 1. The van der Waals surface area contributed by atoms with Crippen molar-refractivity contribution in [3.05, 3.63) is 34.2 Å². The zero-order valence-corrected chi connectivity index (χ0v) is 9.48. The van der Waals surface area contributed by atoms with Gasteiger partial charge in [-0.15, -0.1) is 0 Å². The van der Waals surface area contributed by atoms with Crippen LogP contribution in [0.4, 0.5) is 0 Å². The summed E-state index contributed by atoms with van der Waals surface area (Å²) in [6.45, 7) is 0.434. The van der Waals surface area contributed by atoms with E-state index in [2.05, 4.69) is 0 Å². The number of sulfone groups is 1. The van der Waals surface area contributed by atoms with Crippen LogP contribution in [-0.2, 0) is 9.84 Å². The molecule has 0 atom stereocenters. The van der Waals surface area contributed by atoms with Crippen LogP contribution >= 0.6 is 11.6 Å². The summed E-state index contributed by atoms with van der Waals surface area (Å²) >= 11 is 5.76. The Morgan fingerprint density at radius 2 is 2.07 bits per heavy atom.